The number of nitrogens with zero attached hydrogens (tertiary/aromatic N) is 1. The Morgan fingerprint density at radius 2 is 2.11 bits per heavy atom. The van der Waals surface area contributed by atoms with Crippen molar-refractivity contribution in [1.82, 2.24) is 4.98 Å². The molecule has 0 aromatic carbocycles. The van der Waals surface area contributed by atoms with Gasteiger partial charge in [-0.3, -0.25) is 9.78 Å². The van der Waals surface area contributed by atoms with Crippen molar-refractivity contribution in [1.29, 1.82) is 0 Å². The summed E-state index contributed by atoms with van der Waals surface area (Å²) in [4.78, 5) is 15.7. The molecule has 3 nitrogen and oxygen atoms in total. The van der Waals surface area contributed by atoms with E-state index in [0.29, 0.717) is 11.8 Å². The van der Waals surface area contributed by atoms with Crippen LogP contribution in [0.1, 0.15) is 56.2 Å². The Balaban J connectivity index is 1.97. The third-order valence-electron chi connectivity index (χ3n) is 4.45. The van der Waals surface area contributed by atoms with Crippen molar-refractivity contribution >= 4 is 5.97 Å². The smallest absolute Gasteiger partial charge is 0.306 e. The van der Waals surface area contributed by atoms with Crippen LogP contribution in [-0.4, -0.2) is 16.1 Å². The lowest BCUT2D eigenvalue weighted by Crippen LogP contribution is -2.26. The van der Waals surface area contributed by atoms with Crippen LogP contribution in [0, 0.1) is 18.8 Å². The summed E-state index contributed by atoms with van der Waals surface area (Å²) in [6.07, 6.45) is 6.81. The average molecular weight is 261 g/mol. The van der Waals surface area contributed by atoms with E-state index >= 15 is 0 Å². The SMILES string of the molecule is CCC(C(=O)O)C1CCC(c2cc(C)ccn2)CC1. The second kappa shape index (κ2) is 6.18. The molecule has 0 saturated heterocycles. The summed E-state index contributed by atoms with van der Waals surface area (Å²) in [7, 11) is 0. The van der Waals surface area contributed by atoms with Gasteiger partial charge in [-0.2, -0.15) is 0 Å². The molecule has 3 heteroatoms. The molecule has 0 aliphatic heterocycles. The summed E-state index contributed by atoms with van der Waals surface area (Å²) < 4.78 is 0. The van der Waals surface area contributed by atoms with Crippen molar-refractivity contribution < 1.29 is 9.90 Å². The largest absolute Gasteiger partial charge is 0.481 e. The average Bonchev–Trinajstić information content (AvgIpc) is 2.40. The predicted octanol–water partition coefficient (Wildman–Crippen LogP) is 3.77. The van der Waals surface area contributed by atoms with Gasteiger partial charge in [0.2, 0.25) is 0 Å². The Hall–Kier alpha value is -1.38. The van der Waals surface area contributed by atoms with Crippen LogP contribution in [0.3, 0.4) is 0 Å². The van der Waals surface area contributed by atoms with Crippen LogP contribution < -0.4 is 0 Å². The molecule has 1 aromatic rings. The van der Waals surface area contributed by atoms with Crippen molar-refractivity contribution in [2.45, 2.75) is 51.9 Å². The molecule has 104 valence electrons. The van der Waals surface area contributed by atoms with E-state index in [1.807, 2.05) is 19.2 Å². The molecule has 2 rings (SSSR count). The normalized spacial score (nSPS) is 24.9. The van der Waals surface area contributed by atoms with Crippen LogP contribution in [0.5, 0.6) is 0 Å². The highest BCUT2D eigenvalue weighted by molar-refractivity contribution is 5.70. The van der Waals surface area contributed by atoms with Gasteiger partial charge in [0.1, 0.15) is 0 Å². The number of aryl methyl sites for hydroxylation is 1. The van der Waals surface area contributed by atoms with Gasteiger partial charge in [0, 0.05) is 17.8 Å². The minimum absolute atomic E-state index is 0.161. The Morgan fingerprint density at radius 1 is 1.42 bits per heavy atom. The fourth-order valence-electron chi connectivity index (χ4n) is 3.31. The molecular weight excluding hydrogens is 238 g/mol. The summed E-state index contributed by atoms with van der Waals surface area (Å²) in [6, 6.07) is 4.19. The zero-order chi connectivity index (χ0) is 13.8. The van der Waals surface area contributed by atoms with Crippen molar-refractivity contribution in [2.24, 2.45) is 11.8 Å². The molecule has 0 bridgehead atoms. The molecule has 1 aliphatic carbocycles. The molecule has 0 amide bonds. The molecule has 1 aliphatic rings. The summed E-state index contributed by atoms with van der Waals surface area (Å²) in [5, 5.41) is 9.23. The van der Waals surface area contributed by atoms with Gasteiger partial charge in [-0.05, 0) is 62.6 Å². The maximum atomic E-state index is 11.2. The number of carboxylic acid groups (broad SMARTS) is 1. The van der Waals surface area contributed by atoms with Gasteiger partial charge in [-0.15, -0.1) is 0 Å². The topological polar surface area (TPSA) is 50.2 Å². The standard InChI is InChI=1S/C16H23NO2/c1-3-14(16(18)19)12-4-6-13(7-5-12)15-10-11(2)8-9-17-15/h8-10,12-14H,3-7H2,1-2H3,(H,18,19). The van der Waals surface area contributed by atoms with E-state index in [2.05, 4.69) is 18.0 Å². The van der Waals surface area contributed by atoms with Gasteiger partial charge in [0.05, 0.1) is 5.92 Å². The highest BCUT2D eigenvalue weighted by Gasteiger charge is 2.31. The minimum Gasteiger partial charge on any atom is -0.481 e. The molecule has 1 saturated carbocycles. The summed E-state index contributed by atoms with van der Waals surface area (Å²) in [5.74, 6) is 0.0806. The molecule has 1 heterocycles. The van der Waals surface area contributed by atoms with Crippen LogP contribution >= 0.6 is 0 Å². The van der Waals surface area contributed by atoms with Crippen molar-refractivity contribution in [3.8, 4) is 0 Å². The number of aliphatic carboxylic acids is 1. The van der Waals surface area contributed by atoms with Gasteiger partial charge in [0.15, 0.2) is 0 Å². The van der Waals surface area contributed by atoms with Gasteiger partial charge in [0.25, 0.3) is 0 Å². The van der Waals surface area contributed by atoms with Crippen LogP contribution in [0.2, 0.25) is 0 Å². The second-order valence-electron chi connectivity index (χ2n) is 5.72. The number of hydrogen-bond acceptors (Lipinski definition) is 2. The molecule has 1 atom stereocenters. The number of hydrogen-bond donors (Lipinski definition) is 1. The van der Waals surface area contributed by atoms with E-state index in [0.717, 1.165) is 32.1 Å². The lowest BCUT2D eigenvalue weighted by atomic mass is 9.74. The van der Waals surface area contributed by atoms with Crippen LogP contribution in [0.25, 0.3) is 0 Å². The predicted molar refractivity (Wildman–Crippen MR) is 75.1 cm³/mol. The van der Waals surface area contributed by atoms with Crippen molar-refractivity contribution in [2.75, 3.05) is 0 Å². The molecular formula is C16H23NO2. The fraction of sp³-hybridized carbons (Fsp3) is 0.625. The van der Waals surface area contributed by atoms with E-state index in [9.17, 15) is 9.90 Å². The van der Waals surface area contributed by atoms with E-state index in [4.69, 9.17) is 0 Å². The minimum atomic E-state index is -0.625. The highest BCUT2D eigenvalue weighted by atomic mass is 16.4. The van der Waals surface area contributed by atoms with Gasteiger partial charge in [-0.1, -0.05) is 6.92 Å². The maximum absolute atomic E-state index is 11.2. The number of aromatic nitrogens is 1. The second-order valence-corrected chi connectivity index (χ2v) is 5.72. The molecule has 19 heavy (non-hydrogen) atoms. The van der Waals surface area contributed by atoms with E-state index in [1.54, 1.807) is 0 Å². The first kappa shape index (κ1) is 14.0. The van der Waals surface area contributed by atoms with E-state index in [1.165, 1.54) is 11.3 Å². The third-order valence-corrected chi connectivity index (χ3v) is 4.45. The van der Waals surface area contributed by atoms with Crippen molar-refractivity contribution in [3.05, 3.63) is 29.6 Å². The first-order chi connectivity index (χ1) is 9.11. The number of rotatable bonds is 4. The van der Waals surface area contributed by atoms with Crippen LogP contribution in [-0.2, 0) is 4.79 Å². The zero-order valence-electron chi connectivity index (χ0n) is 11.8. The summed E-state index contributed by atoms with van der Waals surface area (Å²) in [6.45, 7) is 4.07. The molecule has 1 N–H and O–H groups in total. The highest BCUT2D eigenvalue weighted by Crippen LogP contribution is 2.39. The van der Waals surface area contributed by atoms with Crippen molar-refractivity contribution in [3.63, 3.8) is 0 Å². The number of pyridine rings is 1. The third kappa shape index (κ3) is 3.34. The Labute approximate surface area is 115 Å². The van der Waals surface area contributed by atoms with Crippen LogP contribution in [0.15, 0.2) is 18.3 Å². The molecule has 1 unspecified atom stereocenters. The zero-order valence-corrected chi connectivity index (χ0v) is 11.8. The molecule has 0 spiro atoms. The molecule has 0 radical (unpaired) electrons. The van der Waals surface area contributed by atoms with E-state index in [-0.39, 0.29) is 5.92 Å². The molecule has 1 aromatic heterocycles. The number of carbonyl (C=O) groups is 1. The summed E-state index contributed by atoms with van der Waals surface area (Å²) >= 11 is 0. The molecule has 1 fully saturated rings. The maximum Gasteiger partial charge on any atom is 0.306 e. The monoisotopic (exact) mass is 261 g/mol. The first-order valence-electron chi connectivity index (χ1n) is 7.27. The Kier molecular flexibility index (Phi) is 4.56. The Bertz CT molecular complexity index is 436. The first-order valence-corrected chi connectivity index (χ1v) is 7.27. The summed E-state index contributed by atoms with van der Waals surface area (Å²) in [5.41, 5.74) is 2.44. The van der Waals surface area contributed by atoms with Gasteiger partial charge in [-0.25, -0.2) is 0 Å². The van der Waals surface area contributed by atoms with E-state index < -0.39 is 5.97 Å². The lowest BCUT2D eigenvalue weighted by Gasteiger charge is -2.31. The van der Waals surface area contributed by atoms with Gasteiger partial charge >= 0.3 is 5.97 Å². The quantitative estimate of drug-likeness (QED) is 0.897. The fourth-order valence-corrected chi connectivity index (χ4v) is 3.31. The lowest BCUT2D eigenvalue weighted by molar-refractivity contribution is -0.144. The van der Waals surface area contributed by atoms with Crippen LogP contribution in [0.4, 0.5) is 0 Å². The number of carboxylic acids is 1. The van der Waals surface area contributed by atoms with Gasteiger partial charge < -0.3 is 5.11 Å². The Morgan fingerprint density at radius 3 is 2.63 bits per heavy atom.